The largest absolute Gasteiger partial charge is 0.332 e. The molecule has 114 valence electrons. The molecule has 0 unspecified atom stereocenters. The van der Waals surface area contributed by atoms with Gasteiger partial charge in [0.2, 0.25) is 0 Å². The topological polar surface area (TPSA) is 97.2 Å². The van der Waals surface area contributed by atoms with Gasteiger partial charge in [-0.05, 0) is 31.2 Å². The number of rotatable bonds is 4. The summed E-state index contributed by atoms with van der Waals surface area (Å²) in [5.41, 5.74) is 1.59. The van der Waals surface area contributed by atoms with Crippen LogP contribution in [0.15, 0.2) is 36.4 Å². The first-order valence-electron chi connectivity index (χ1n) is 6.37. The molecule has 0 aliphatic heterocycles. The second kappa shape index (κ2) is 6.86. The highest BCUT2D eigenvalue weighted by Crippen LogP contribution is 2.27. The van der Waals surface area contributed by atoms with Crippen molar-refractivity contribution in [3.63, 3.8) is 0 Å². The number of pyridine rings is 1. The van der Waals surface area contributed by atoms with Crippen LogP contribution in [0.25, 0.3) is 0 Å². The normalized spacial score (nSPS) is 10.1. The lowest BCUT2D eigenvalue weighted by atomic mass is 10.3. The van der Waals surface area contributed by atoms with Crippen molar-refractivity contribution in [2.45, 2.75) is 13.5 Å². The van der Waals surface area contributed by atoms with Crippen molar-refractivity contribution in [1.82, 2.24) is 10.3 Å². The van der Waals surface area contributed by atoms with Crippen LogP contribution in [0.4, 0.5) is 16.2 Å². The minimum atomic E-state index is -0.609. The number of aromatic nitrogens is 1. The Kier molecular flexibility index (Phi) is 4.90. The van der Waals surface area contributed by atoms with Crippen LogP contribution < -0.4 is 10.6 Å². The van der Waals surface area contributed by atoms with E-state index >= 15 is 0 Å². The Bertz CT molecular complexity index is 721. The summed E-state index contributed by atoms with van der Waals surface area (Å²) in [7, 11) is 0. The molecule has 0 atom stereocenters. The predicted octanol–water partition coefficient (Wildman–Crippen LogP) is 3.27. The van der Waals surface area contributed by atoms with Gasteiger partial charge in [-0.25, -0.2) is 4.79 Å². The molecule has 0 saturated carbocycles. The van der Waals surface area contributed by atoms with Gasteiger partial charge in [0, 0.05) is 17.4 Å². The molecule has 0 fully saturated rings. The van der Waals surface area contributed by atoms with E-state index in [-0.39, 0.29) is 22.9 Å². The predicted molar refractivity (Wildman–Crippen MR) is 82.9 cm³/mol. The molecule has 2 aromatic rings. The highest BCUT2D eigenvalue weighted by Gasteiger charge is 2.13. The smallest absolute Gasteiger partial charge is 0.319 e. The van der Waals surface area contributed by atoms with E-state index in [1.54, 1.807) is 6.07 Å². The fourth-order valence-electron chi connectivity index (χ4n) is 1.77. The lowest BCUT2D eigenvalue weighted by molar-refractivity contribution is -0.384. The van der Waals surface area contributed by atoms with E-state index in [0.717, 1.165) is 11.4 Å². The summed E-state index contributed by atoms with van der Waals surface area (Å²) < 4.78 is 0. The summed E-state index contributed by atoms with van der Waals surface area (Å²) in [6.07, 6.45) is 0. The number of carbonyl (C=O) groups is 1. The van der Waals surface area contributed by atoms with Gasteiger partial charge in [-0.15, -0.1) is 0 Å². The van der Waals surface area contributed by atoms with Gasteiger partial charge in [0.05, 0.1) is 17.2 Å². The van der Waals surface area contributed by atoms with Crippen molar-refractivity contribution in [3.05, 3.63) is 62.9 Å². The van der Waals surface area contributed by atoms with Gasteiger partial charge >= 0.3 is 6.03 Å². The number of anilines is 1. The summed E-state index contributed by atoms with van der Waals surface area (Å²) in [5, 5.41) is 15.9. The van der Waals surface area contributed by atoms with Crippen molar-refractivity contribution in [1.29, 1.82) is 0 Å². The van der Waals surface area contributed by atoms with Crippen molar-refractivity contribution < 1.29 is 9.72 Å². The number of hydrogen-bond donors (Lipinski definition) is 2. The number of nitrogens with zero attached hydrogens (tertiary/aromatic N) is 2. The van der Waals surface area contributed by atoms with E-state index in [0.29, 0.717) is 0 Å². The summed E-state index contributed by atoms with van der Waals surface area (Å²) in [6, 6.07) is 9.06. The maximum Gasteiger partial charge on any atom is 0.319 e. The third-order valence-electron chi connectivity index (χ3n) is 2.78. The lowest BCUT2D eigenvalue weighted by Crippen LogP contribution is -2.28. The fourth-order valence-corrected chi connectivity index (χ4v) is 1.96. The average molecular weight is 321 g/mol. The first-order valence-corrected chi connectivity index (χ1v) is 6.75. The fraction of sp³-hybridized carbons (Fsp3) is 0.143. The first-order chi connectivity index (χ1) is 10.5. The van der Waals surface area contributed by atoms with Crippen LogP contribution in [-0.4, -0.2) is 15.9 Å². The minimum absolute atomic E-state index is 0.0138. The number of carbonyl (C=O) groups excluding carboxylic acids is 1. The molecule has 2 rings (SSSR count). The Hall–Kier alpha value is -2.67. The number of hydrogen-bond acceptors (Lipinski definition) is 4. The number of aryl methyl sites for hydroxylation is 1. The number of nitro benzene ring substituents is 1. The molecule has 1 aromatic heterocycles. The standard InChI is InChI=1S/C14H13ClN4O3/c1-9-3-2-4-11(17-9)8-16-14(20)18-10-5-6-12(15)13(7-10)19(21)22/h2-7H,8H2,1H3,(H2,16,18,20). The molecule has 0 spiro atoms. The molecule has 2 N–H and O–H groups in total. The molecule has 0 aliphatic carbocycles. The van der Waals surface area contributed by atoms with Crippen LogP contribution in [-0.2, 0) is 6.54 Å². The Morgan fingerprint density at radius 2 is 2.14 bits per heavy atom. The molecule has 1 heterocycles. The molecule has 1 aromatic carbocycles. The monoisotopic (exact) mass is 320 g/mol. The van der Waals surface area contributed by atoms with Crippen LogP contribution in [0, 0.1) is 17.0 Å². The van der Waals surface area contributed by atoms with E-state index in [1.165, 1.54) is 18.2 Å². The molecular formula is C14H13ClN4O3. The van der Waals surface area contributed by atoms with Gasteiger partial charge in [-0.3, -0.25) is 15.1 Å². The second-order valence-electron chi connectivity index (χ2n) is 4.50. The highest BCUT2D eigenvalue weighted by molar-refractivity contribution is 6.32. The van der Waals surface area contributed by atoms with E-state index in [9.17, 15) is 14.9 Å². The maximum atomic E-state index is 11.8. The molecule has 22 heavy (non-hydrogen) atoms. The van der Waals surface area contributed by atoms with E-state index in [1.807, 2.05) is 19.1 Å². The third-order valence-corrected chi connectivity index (χ3v) is 3.10. The van der Waals surface area contributed by atoms with Crippen LogP contribution >= 0.6 is 11.6 Å². The van der Waals surface area contributed by atoms with Crippen molar-refractivity contribution in [2.24, 2.45) is 0 Å². The molecule has 0 aliphatic rings. The Labute approximate surface area is 131 Å². The summed E-state index contributed by atoms with van der Waals surface area (Å²) in [6.45, 7) is 2.11. The maximum absolute atomic E-state index is 11.8. The van der Waals surface area contributed by atoms with Crippen LogP contribution in [0.1, 0.15) is 11.4 Å². The first kappa shape index (κ1) is 15.7. The summed E-state index contributed by atoms with van der Waals surface area (Å²) in [5.74, 6) is 0. The molecule has 0 radical (unpaired) electrons. The number of urea groups is 1. The van der Waals surface area contributed by atoms with Gasteiger partial charge in [0.15, 0.2) is 0 Å². The van der Waals surface area contributed by atoms with Crippen LogP contribution in [0.5, 0.6) is 0 Å². The number of benzene rings is 1. The van der Waals surface area contributed by atoms with Gasteiger partial charge in [-0.2, -0.15) is 0 Å². The molecular weight excluding hydrogens is 308 g/mol. The number of nitro groups is 1. The molecule has 2 amide bonds. The number of halogens is 1. The quantitative estimate of drug-likeness (QED) is 0.667. The number of amides is 2. The Balaban J connectivity index is 1.97. The Morgan fingerprint density at radius 3 is 2.82 bits per heavy atom. The van der Waals surface area contributed by atoms with E-state index in [4.69, 9.17) is 11.6 Å². The van der Waals surface area contributed by atoms with Crippen molar-refractivity contribution in [3.8, 4) is 0 Å². The summed E-state index contributed by atoms with van der Waals surface area (Å²) in [4.78, 5) is 26.2. The van der Waals surface area contributed by atoms with Gasteiger partial charge in [0.1, 0.15) is 5.02 Å². The zero-order chi connectivity index (χ0) is 16.1. The van der Waals surface area contributed by atoms with Crippen LogP contribution in [0.2, 0.25) is 5.02 Å². The molecule has 8 heteroatoms. The van der Waals surface area contributed by atoms with Crippen LogP contribution in [0.3, 0.4) is 0 Å². The zero-order valence-electron chi connectivity index (χ0n) is 11.7. The summed E-state index contributed by atoms with van der Waals surface area (Å²) >= 11 is 5.71. The van der Waals surface area contributed by atoms with Crippen molar-refractivity contribution in [2.75, 3.05) is 5.32 Å². The van der Waals surface area contributed by atoms with Crippen molar-refractivity contribution >= 4 is 29.0 Å². The minimum Gasteiger partial charge on any atom is -0.332 e. The molecule has 0 bridgehead atoms. The van der Waals surface area contributed by atoms with E-state index in [2.05, 4.69) is 15.6 Å². The van der Waals surface area contributed by atoms with Gasteiger partial charge in [-0.1, -0.05) is 17.7 Å². The Morgan fingerprint density at radius 1 is 1.36 bits per heavy atom. The SMILES string of the molecule is Cc1cccc(CNC(=O)Nc2ccc(Cl)c([N+](=O)[O-])c2)n1. The zero-order valence-corrected chi connectivity index (χ0v) is 12.4. The number of nitrogens with one attached hydrogen (secondary N) is 2. The molecule has 0 saturated heterocycles. The molecule has 7 nitrogen and oxygen atoms in total. The van der Waals surface area contributed by atoms with Gasteiger partial charge < -0.3 is 10.6 Å². The lowest BCUT2D eigenvalue weighted by Gasteiger charge is -2.08. The third kappa shape index (κ3) is 4.16. The highest BCUT2D eigenvalue weighted by atomic mass is 35.5. The van der Waals surface area contributed by atoms with Gasteiger partial charge in [0.25, 0.3) is 5.69 Å². The second-order valence-corrected chi connectivity index (χ2v) is 4.91. The van der Waals surface area contributed by atoms with E-state index < -0.39 is 11.0 Å². The average Bonchev–Trinajstić information content (AvgIpc) is 2.47.